The van der Waals surface area contributed by atoms with E-state index in [1.807, 2.05) is 0 Å². The molecule has 1 aromatic rings. The second kappa shape index (κ2) is 4.78. The van der Waals surface area contributed by atoms with E-state index in [-0.39, 0.29) is 23.4 Å². The van der Waals surface area contributed by atoms with Crippen LogP contribution in [0.3, 0.4) is 0 Å². The van der Waals surface area contributed by atoms with Gasteiger partial charge < -0.3 is 9.67 Å². The first kappa shape index (κ1) is 12.6. The molecule has 0 aromatic carbocycles. The van der Waals surface area contributed by atoms with E-state index in [1.165, 1.54) is 10.8 Å². The van der Waals surface area contributed by atoms with Crippen LogP contribution in [0.15, 0.2) is 11.4 Å². The first-order valence-corrected chi connectivity index (χ1v) is 7.54. The van der Waals surface area contributed by atoms with Crippen molar-refractivity contribution in [1.82, 2.24) is 9.55 Å². The zero-order valence-electron chi connectivity index (χ0n) is 9.96. The first-order chi connectivity index (χ1) is 8.04. The maximum atomic E-state index is 12.2. The molecule has 0 unspecified atom stereocenters. The molecule has 5 nitrogen and oxygen atoms in total. The van der Waals surface area contributed by atoms with E-state index in [2.05, 4.69) is 4.98 Å². The predicted molar refractivity (Wildman–Crippen MR) is 63.1 cm³/mol. The zero-order valence-corrected chi connectivity index (χ0v) is 10.8. The van der Waals surface area contributed by atoms with Crippen molar-refractivity contribution in [3.05, 3.63) is 11.9 Å². The van der Waals surface area contributed by atoms with Gasteiger partial charge in [0.1, 0.15) is 0 Å². The number of nitrogens with zero attached hydrogens (tertiary/aromatic N) is 2. The maximum Gasteiger partial charge on any atom is 0.227 e. The van der Waals surface area contributed by atoms with Crippen molar-refractivity contribution in [2.24, 2.45) is 13.0 Å². The van der Waals surface area contributed by atoms with Crippen LogP contribution < -0.4 is 0 Å². The summed E-state index contributed by atoms with van der Waals surface area (Å²) in [6, 6.07) is 0. The fourth-order valence-corrected chi connectivity index (χ4v) is 4.27. The van der Waals surface area contributed by atoms with Crippen LogP contribution in [0.25, 0.3) is 0 Å². The van der Waals surface area contributed by atoms with Gasteiger partial charge in [0.25, 0.3) is 0 Å². The standard InChI is InChI=1S/C11H18N2O3S/c1-13-10(7-14)6-12-11(13)17(15,16)8-9-4-2-3-5-9/h6,9,14H,2-5,7-8H2,1H3. The van der Waals surface area contributed by atoms with Gasteiger partial charge in [-0.1, -0.05) is 12.8 Å². The molecule has 1 fully saturated rings. The molecule has 0 atom stereocenters. The predicted octanol–water partition coefficient (Wildman–Crippen LogP) is 0.876. The summed E-state index contributed by atoms with van der Waals surface area (Å²) >= 11 is 0. The van der Waals surface area contributed by atoms with Crippen LogP contribution in [-0.2, 0) is 23.5 Å². The number of imidazole rings is 1. The van der Waals surface area contributed by atoms with E-state index in [0.717, 1.165) is 25.7 Å². The van der Waals surface area contributed by atoms with Crippen molar-refractivity contribution in [1.29, 1.82) is 0 Å². The molecule has 0 amide bonds. The van der Waals surface area contributed by atoms with Crippen molar-refractivity contribution in [3.63, 3.8) is 0 Å². The number of aliphatic hydroxyl groups excluding tert-OH is 1. The van der Waals surface area contributed by atoms with Crippen LogP contribution in [0.1, 0.15) is 31.4 Å². The van der Waals surface area contributed by atoms with Gasteiger partial charge >= 0.3 is 0 Å². The highest BCUT2D eigenvalue weighted by atomic mass is 32.2. The lowest BCUT2D eigenvalue weighted by Crippen LogP contribution is -2.18. The molecule has 1 saturated carbocycles. The Balaban J connectivity index is 2.21. The lowest BCUT2D eigenvalue weighted by molar-refractivity contribution is 0.271. The third-order valence-electron chi connectivity index (χ3n) is 3.41. The van der Waals surface area contributed by atoms with Gasteiger partial charge in [0.2, 0.25) is 15.0 Å². The molecule has 1 N–H and O–H groups in total. The topological polar surface area (TPSA) is 72.2 Å². The summed E-state index contributed by atoms with van der Waals surface area (Å²) in [5.74, 6) is 0.456. The molecule has 0 aliphatic heterocycles. The number of sulfone groups is 1. The molecule has 1 aliphatic carbocycles. The molecule has 1 aliphatic rings. The molecule has 2 rings (SSSR count). The lowest BCUT2D eigenvalue weighted by Gasteiger charge is -2.10. The summed E-state index contributed by atoms with van der Waals surface area (Å²) < 4.78 is 25.8. The number of aliphatic hydroxyl groups is 1. The summed E-state index contributed by atoms with van der Waals surface area (Å²) in [6.07, 6.45) is 5.67. The average molecular weight is 258 g/mol. The number of rotatable bonds is 4. The van der Waals surface area contributed by atoms with Crippen LogP contribution in [0.2, 0.25) is 0 Å². The minimum absolute atomic E-state index is 0.0773. The molecule has 0 spiro atoms. The third-order valence-corrected chi connectivity index (χ3v) is 5.26. The van der Waals surface area contributed by atoms with Gasteiger partial charge in [-0.25, -0.2) is 13.4 Å². The Bertz CT molecular complexity index is 487. The maximum absolute atomic E-state index is 12.2. The summed E-state index contributed by atoms with van der Waals surface area (Å²) in [5.41, 5.74) is 0.523. The molecule has 1 heterocycles. The van der Waals surface area contributed by atoms with Gasteiger partial charge in [-0.05, 0) is 18.8 Å². The summed E-state index contributed by atoms with van der Waals surface area (Å²) in [5, 5.41) is 9.10. The van der Waals surface area contributed by atoms with E-state index in [4.69, 9.17) is 5.11 Å². The Morgan fingerprint density at radius 2 is 2.12 bits per heavy atom. The average Bonchev–Trinajstić information content (AvgIpc) is 2.86. The molecule has 96 valence electrons. The summed E-state index contributed by atoms with van der Waals surface area (Å²) in [7, 11) is -1.70. The Labute approximate surface area is 101 Å². The summed E-state index contributed by atoms with van der Waals surface area (Å²) in [4.78, 5) is 3.92. The minimum Gasteiger partial charge on any atom is -0.390 e. The Morgan fingerprint density at radius 3 is 2.65 bits per heavy atom. The third kappa shape index (κ3) is 2.52. The smallest absolute Gasteiger partial charge is 0.227 e. The van der Waals surface area contributed by atoms with Crippen LogP contribution >= 0.6 is 0 Å². The first-order valence-electron chi connectivity index (χ1n) is 5.89. The van der Waals surface area contributed by atoms with E-state index in [9.17, 15) is 8.42 Å². The van der Waals surface area contributed by atoms with Gasteiger partial charge in [0, 0.05) is 7.05 Å². The van der Waals surface area contributed by atoms with E-state index in [1.54, 1.807) is 7.05 Å². The van der Waals surface area contributed by atoms with Gasteiger partial charge in [-0.15, -0.1) is 0 Å². The molecule has 6 heteroatoms. The molecule has 17 heavy (non-hydrogen) atoms. The normalized spacial score (nSPS) is 17.8. The van der Waals surface area contributed by atoms with E-state index >= 15 is 0 Å². The number of hydrogen-bond acceptors (Lipinski definition) is 4. The largest absolute Gasteiger partial charge is 0.390 e. The number of hydrogen-bond donors (Lipinski definition) is 1. The Hall–Kier alpha value is -0.880. The monoisotopic (exact) mass is 258 g/mol. The van der Waals surface area contributed by atoms with Crippen LogP contribution in [0.5, 0.6) is 0 Å². The van der Waals surface area contributed by atoms with Gasteiger partial charge in [-0.2, -0.15) is 0 Å². The Kier molecular flexibility index (Phi) is 3.53. The minimum atomic E-state index is -3.32. The second-order valence-corrected chi connectivity index (χ2v) is 6.61. The van der Waals surface area contributed by atoms with Crippen LogP contribution in [0, 0.1) is 5.92 Å². The van der Waals surface area contributed by atoms with Gasteiger partial charge in [0.05, 0.1) is 24.3 Å². The molecule has 0 saturated heterocycles. The van der Waals surface area contributed by atoms with Crippen LogP contribution in [0.4, 0.5) is 0 Å². The van der Waals surface area contributed by atoms with Gasteiger partial charge in [-0.3, -0.25) is 0 Å². The van der Waals surface area contributed by atoms with Crippen molar-refractivity contribution in [2.45, 2.75) is 37.4 Å². The molecular formula is C11H18N2O3S. The van der Waals surface area contributed by atoms with Crippen LogP contribution in [-0.4, -0.2) is 28.8 Å². The second-order valence-electron chi connectivity index (χ2n) is 4.68. The Morgan fingerprint density at radius 1 is 1.47 bits per heavy atom. The molecule has 0 bridgehead atoms. The van der Waals surface area contributed by atoms with E-state index in [0.29, 0.717) is 5.69 Å². The number of aromatic nitrogens is 2. The highest BCUT2D eigenvalue weighted by molar-refractivity contribution is 7.91. The summed E-state index contributed by atoms with van der Waals surface area (Å²) in [6.45, 7) is -0.192. The lowest BCUT2D eigenvalue weighted by atomic mass is 10.1. The molecular weight excluding hydrogens is 240 g/mol. The molecule has 0 radical (unpaired) electrons. The fourth-order valence-electron chi connectivity index (χ4n) is 2.42. The SMILES string of the molecule is Cn1c(CO)cnc1S(=O)(=O)CC1CCCC1. The fraction of sp³-hybridized carbons (Fsp3) is 0.727. The quantitative estimate of drug-likeness (QED) is 0.870. The van der Waals surface area contributed by atoms with Gasteiger partial charge in [0.15, 0.2) is 0 Å². The van der Waals surface area contributed by atoms with Crippen molar-refractivity contribution >= 4 is 9.84 Å². The van der Waals surface area contributed by atoms with E-state index < -0.39 is 9.84 Å². The van der Waals surface area contributed by atoms with Crippen molar-refractivity contribution < 1.29 is 13.5 Å². The highest BCUT2D eigenvalue weighted by Gasteiger charge is 2.27. The zero-order chi connectivity index (χ0) is 12.5. The highest BCUT2D eigenvalue weighted by Crippen LogP contribution is 2.27. The van der Waals surface area contributed by atoms with Crippen molar-refractivity contribution in [2.75, 3.05) is 5.75 Å². The van der Waals surface area contributed by atoms with Crippen molar-refractivity contribution in [3.8, 4) is 0 Å². The molecule has 1 aromatic heterocycles.